The van der Waals surface area contributed by atoms with Crippen LogP contribution in [0.5, 0.6) is 0 Å². The Hall–Kier alpha value is -4.08. The smallest absolute Gasteiger partial charge is 0.439 e. The predicted octanol–water partition coefficient (Wildman–Crippen LogP) is 1.66. The second kappa shape index (κ2) is 11.7. The van der Waals surface area contributed by atoms with Crippen molar-refractivity contribution in [1.82, 2.24) is 25.2 Å². The Labute approximate surface area is 259 Å². The van der Waals surface area contributed by atoms with Gasteiger partial charge in [-0.25, -0.2) is 14.4 Å². The SMILES string of the molecule is CO[C@H]1C[C@H]2C=CC3C4[C@H](O)[C@@H](C)[C@@H](OC(=O)c5ccc[nH]5)[C@@H]3O[C@]42/C(C)=C/[C@@H](C)[C@@H]([C@@H](C)OC(=O)n2nnnc2N)OC1=O. The molecule has 2 aromatic rings. The minimum absolute atomic E-state index is 0.192. The van der Waals surface area contributed by atoms with Crippen LogP contribution in [0.15, 0.2) is 42.1 Å². The Bertz CT molecular complexity index is 1510. The Balaban J connectivity index is 1.35. The van der Waals surface area contributed by atoms with E-state index in [1.54, 1.807) is 25.3 Å². The lowest BCUT2D eigenvalue weighted by molar-refractivity contribution is -0.172. The molecule has 2 aliphatic heterocycles. The van der Waals surface area contributed by atoms with E-state index < -0.39 is 72.1 Å². The van der Waals surface area contributed by atoms with Gasteiger partial charge in [-0.15, -0.1) is 4.68 Å². The van der Waals surface area contributed by atoms with Gasteiger partial charge in [0, 0.05) is 42.9 Å². The van der Waals surface area contributed by atoms with Gasteiger partial charge in [-0.05, 0) is 48.4 Å². The van der Waals surface area contributed by atoms with Gasteiger partial charge in [0.2, 0.25) is 0 Å². The van der Waals surface area contributed by atoms with Crippen molar-refractivity contribution in [3.63, 3.8) is 0 Å². The molecule has 15 heteroatoms. The number of ether oxygens (including phenoxy) is 5. The highest BCUT2D eigenvalue weighted by Gasteiger charge is 2.69. The summed E-state index contributed by atoms with van der Waals surface area (Å²) in [6, 6.07) is 3.34. The molecule has 0 radical (unpaired) electrons. The van der Waals surface area contributed by atoms with Gasteiger partial charge in [-0.2, -0.15) is 0 Å². The fourth-order valence-corrected chi connectivity index (χ4v) is 7.73. The van der Waals surface area contributed by atoms with Crippen molar-refractivity contribution in [1.29, 1.82) is 0 Å². The van der Waals surface area contributed by atoms with E-state index >= 15 is 0 Å². The van der Waals surface area contributed by atoms with E-state index in [1.807, 2.05) is 39.0 Å². The van der Waals surface area contributed by atoms with E-state index in [9.17, 15) is 19.5 Å². The first-order valence-electron chi connectivity index (χ1n) is 15.0. The number of anilines is 1. The van der Waals surface area contributed by atoms with Crippen LogP contribution in [-0.2, 0) is 28.5 Å². The van der Waals surface area contributed by atoms with Gasteiger partial charge >= 0.3 is 18.0 Å². The Morgan fingerprint density at radius 1 is 1.29 bits per heavy atom. The number of nitrogens with one attached hydrogen (secondary N) is 1. The van der Waals surface area contributed by atoms with Gasteiger partial charge in [0.05, 0.1) is 6.10 Å². The molecule has 0 amide bonds. The van der Waals surface area contributed by atoms with Crippen LogP contribution in [0.3, 0.4) is 0 Å². The van der Waals surface area contributed by atoms with Crippen molar-refractivity contribution in [2.45, 2.75) is 76.3 Å². The number of aromatic nitrogens is 5. The molecule has 4 aliphatic rings. The second-order valence-corrected chi connectivity index (χ2v) is 12.4. The number of tetrazole rings is 1. The van der Waals surface area contributed by atoms with Crippen molar-refractivity contribution in [2.75, 3.05) is 12.8 Å². The molecule has 4 heterocycles. The fourth-order valence-electron chi connectivity index (χ4n) is 7.73. The number of aromatic amines is 1. The fraction of sp³-hybridized carbons (Fsp3) is 0.600. The highest BCUT2D eigenvalue weighted by atomic mass is 16.6. The molecule has 242 valence electrons. The number of hydrogen-bond donors (Lipinski definition) is 3. The summed E-state index contributed by atoms with van der Waals surface area (Å²) in [6.45, 7) is 7.22. The summed E-state index contributed by atoms with van der Waals surface area (Å²) in [7, 11) is 1.42. The number of rotatable bonds is 5. The summed E-state index contributed by atoms with van der Waals surface area (Å²) in [5.41, 5.74) is 5.72. The van der Waals surface area contributed by atoms with E-state index in [0.717, 1.165) is 5.57 Å². The van der Waals surface area contributed by atoms with Crippen LogP contribution in [0.2, 0.25) is 0 Å². The number of aliphatic hydroxyl groups excluding tert-OH is 1. The van der Waals surface area contributed by atoms with E-state index in [2.05, 4.69) is 20.5 Å². The molecule has 15 nitrogen and oxygen atoms in total. The number of H-pyrrole nitrogens is 1. The maximum Gasteiger partial charge on any atom is 0.439 e. The van der Waals surface area contributed by atoms with E-state index in [1.165, 1.54) is 7.11 Å². The third kappa shape index (κ3) is 5.02. The Morgan fingerprint density at radius 2 is 2.07 bits per heavy atom. The van der Waals surface area contributed by atoms with Gasteiger partial charge in [0.25, 0.3) is 5.95 Å². The zero-order valence-electron chi connectivity index (χ0n) is 25.6. The average Bonchev–Trinajstić information content (AvgIpc) is 3.74. The number of nitrogens with two attached hydrogens (primary N) is 1. The van der Waals surface area contributed by atoms with Crippen LogP contribution in [0.25, 0.3) is 0 Å². The summed E-state index contributed by atoms with van der Waals surface area (Å²) in [5.74, 6) is -3.35. The summed E-state index contributed by atoms with van der Waals surface area (Å²) in [4.78, 5) is 42.2. The number of hydrogen-bond acceptors (Lipinski definition) is 13. The molecule has 1 saturated heterocycles. The molecule has 4 bridgehead atoms. The molecule has 6 rings (SSSR count). The van der Waals surface area contributed by atoms with Gasteiger partial charge in [0.1, 0.15) is 35.7 Å². The number of nitrogens with zero attached hydrogens (tertiary/aromatic N) is 4. The van der Waals surface area contributed by atoms with Crippen LogP contribution in [0.1, 0.15) is 44.6 Å². The molecule has 1 saturated carbocycles. The molecule has 2 aliphatic carbocycles. The molecular formula is C30H38N6O9. The van der Waals surface area contributed by atoms with E-state index in [4.69, 9.17) is 29.4 Å². The summed E-state index contributed by atoms with van der Waals surface area (Å²) in [5, 5.41) is 22.3. The molecule has 45 heavy (non-hydrogen) atoms. The van der Waals surface area contributed by atoms with Gasteiger partial charge in [-0.3, -0.25) is 0 Å². The highest BCUT2D eigenvalue weighted by molar-refractivity contribution is 5.87. The molecular weight excluding hydrogens is 588 g/mol. The normalized spacial score (nSPS) is 39.2. The summed E-state index contributed by atoms with van der Waals surface area (Å²) < 4.78 is 30.8. The molecule has 12 atom stereocenters. The van der Waals surface area contributed by atoms with Gasteiger partial charge < -0.3 is 39.5 Å². The third-order valence-corrected chi connectivity index (χ3v) is 9.88. The number of nitrogen functional groups attached to an aromatic ring is 1. The third-order valence-electron chi connectivity index (χ3n) is 9.88. The van der Waals surface area contributed by atoms with E-state index in [-0.39, 0.29) is 30.1 Å². The zero-order valence-corrected chi connectivity index (χ0v) is 25.6. The van der Waals surface area contributed by atoms with Gasteiger partial charge in [0.15, 0.2) is 6.10 Å². The lowest BCUT2D eigenvalue weighted by atomic mass is 9.57. The topological polar surface area (TPSA) is 203 Å². The van der Waals surface area contributed by atoms with Crippen molar-refractivity contribution in [3.05, 3.63) is 47.8 Å². The first-order chi connectivity index (χ1) is 21.5. The van der Waals surface area contributed by atoms with Crippen LogP contribution in [0.4, 0.5) is 10.7 Å². The molecule has 2 aromatic heterocycles. The van der Waals surface area contributed by atoms with Crippen molar-refractivity contribution >= 4 is 24.0 Å². The quantitative estimate of drug-likeness (QED) is 0.187. The minimum atomic E-state index is -1.04. The van der Waals surface area contributed by atoms with Crippen LogP contribution >= 0.6 is 0 Å². The molecule has 1 spiro atoms. The van der Waals surface area contributed by atoms with Crippen molar-refractivity contribution < 1.29 is 43.2 Å². The Kier molecular flexibility index (Phi) is 8.03. The first kappa shape index (κ1) is 30.9. The average molecular weight is 627 g/mol. The maximum atomic E-state index is 13.5. The zero-order chi connectivity index (χ0) is 32.2. The largest absolute Gasteiger partial charge is 0.456 e. The molecule has 0 aromatic carbocycles. The standard InChI is InChI=1S/C30H38N6O9/c1-13-11-14(2)30-17(12-20(41-5)27(39)43-23(13)16(4)42-29(40)36-28(31)33-34-35-36)8-9-18-21(30)22(37)15(3)24(25(18)45-30)44-26(38)19-7-6-10-32-19/h6-11,13,15-18,20-25,32,37H,12H2,1-5H3,(H2,31,33,35)/b14-11+/t13-,15-,16-,17-,18?,20+,21?,22-,23+,24-,25-,30+/m1/s1. The van der Waals surface area contributed by atoms with Crippen molar-refractivity contribution in [3.8, 4) is 0 Å². The number of carbonyl (C=O) groups is 3. The first-order valence-corrected chi connectivity index (χ1v) is 15.0. The predicted molar refractivity (Wildman–Crippen MR) is 154 cm³/mol. The number of methoxy groups -OCH3 is 1. The number of carbonyl (C=O) groups excluding carboxylic acids is 3. The molecule has 2 fully saturated rings. The van der Waals surface area contributed by atoms with Crippen LogP contribution in [0, 0.1) is 29.6 Å². The number of aliphatic hydroxyl groups is 1. The van der Waals surface area contributed by atoms with Crippen LogP contribution < -0.4 is 5.73 Å². The molecule has 4 N–H and O–H groups in total. The second-order valence-electron chi connectivity index (χ2n) is 12.4. The highest BCUT2D eigenvalue weighted by Crippen LogP contribution is 2.61. The van der Waals surface area contributed by atoms with Crippen molar-refractivity contribution in [2.24, 2.45) is 29.6 Å². The Morgan fingerprint density at radius 3 is 2.73 bits per heavy atom. The summed E-state index contributed by atoms with van der Waals surface area (Å²) >= 11 is 0. The summed E-state index contributed by atoms with van der Waals surface area (Å²) in [6.07, 6.45) is 1.81. The van der Waals surface area contributed by atoms with Crippen LogP contribution in [-0.4, -0.2) is 97.7 Å². The monoisotopic (exact) mass is 626 g/mol. The maximum absolute atomic E-state index is 13.5. The number of cyclic esters (lactones) is 1. The molecule has 2 unspecified atom stereocenters. The number of esters is 2. The minimum Gasteiger partial charge on any atom is -0.456 e. The lowest BCUT2D eigenvalue weighted by Gasteiger charge is -2.48. The lowest BCUT2D eigenvalue weighted by Crippen LogP contribution is -2.57. The van der Waals surface area contributed by atoms with E-state index in [0.29, 0.717) is 10.4 Å². The van der Waals surface area contributed by atoms with Gasteiger partial charge in [-0.1, -0.05) is 37.2 Å².